The summed E-state index contributed by atoms with van der Waals surface area (Å²) in [5.41, 5.74) is 3.33. The highest BCUT2D eigenvalue weighted by molar-refractivity contribution is 7.08. The minimum absolute atomic E-state index is 0.108. The Labute approximate surface area is 137 Å². The van der Waals surface area contributed by atoms with Crippen LogP contribution in [-0.4, -0.2) is 23.1 Å². The minimum Gasteiger partial charge on any atom is -0.376 e. The first-order valence-electron chi connectivity index (χ1n) is 7.09. The lowest BCUT2D eigenvalue weighted by molar-refractivity contribution is 0.0962. The van der Waals surface area contributed by atoms with Gasteiger partial charge in [0.05, 0.1) is 6.54 Å². The molecule has 0 saturated heterocycles. The Hall–Kier alpha value is -2.67. The smallest absolute Gasteiger partial charge is 0.251 e. The Kier molecular flexibility index (Phi) is 4.38. The van der Waals surface area contributed by atoms with Crippen molar-refractivity contribution in [3.63, 3.8) is 0 Å². The molecule has 3 rings (SSSR count). The number of nitrogens with one attached hydrogen (secondary N) is 2. The van der Waals surface area contributed by atoms with E-state index in [2.05, 4.69) is 20.8 Å². The number of nitrogens with zero attached hydrogens (tertiary/aromatic N) is 2. The summed E-state index contributed by atoms with van der Waals surface area (Å²) in [5, 5.41) is 13.8. The Morgan fingerprint density at radius 2 is 2.22 bits per heavy atom. The lowest BCUT2D eigenvalue weighted by Gasteiger charge is -2.11. The van der Waals surface area contributed by atoms with Gasteiger partial charge in [-0.25, -0.2) is 0 Å². The Morgan fingerprint density at radius 1 is 1.35 bits per heavy atom. The molecule has 118 valence electrons. The number of hydrogen-bond acceptors (Lipinski definition) is 6. The van der Waals surface area contributed by atoms with Crippen LogP contribution in [0.4, 0.5) is 5.69 Å². The summed E-state index contributed by atoms with van der Waals surface area (Å²) in [7, 11) is 1.62. The molecule has 3 aromatic rings. The van der Waals surface area contributed by atoms with Crippen molar-refractivity contribution in [2.24, 2.45) is 0 Å². The first-order chi connectivity index (χ1) is 11.2. The van der Waals surface area contributed by atoms with Crippen molar-refractivity contribution in [2.75, 3.05) is 12.4 Å². The van der Waals surface area contributed by atoms with E-state index in [4.69, 9.17) is 4.52 Å². The van der Waals surface area contributed by atoms with Gasteiger partial charge in [-0.05, 0) is 36.1 Å². The molecule has 0 saturated carbocycles. The van der Waals surface area contributed by atoms with Crippen LogP contribution in [0.2, 0.25) is 0 Å². The molecule has 1 amide bonds. The van der Waals surface area contributed by atoms with Gasteiger partial charge in [-0.3, -0.25) is 4.79 Å². The van der Waals surface area contributed by atoms with Crippen molar-refractivity contribution >= 4 is 22.9 Å². The molecule has 23 heavy (non-hydrogen) atoms. The van der Waals surface area contributed by atoms with Crippen molar-refractivity contribution in [1.82, 2.24) is 15.5 Å². The highest BCUT2D eigenvalue weighted by Crippen LogP contribution is 2.21. The summed E-state index contributed by atoms with van der Waals surface area (Å²) in [6.45, 7) is 2.30. The molecule has 2 N–H and O–H groups in total. The zero-order valence-corrected chi connectivity index (χ0v) is 13.6. The van der Waals surface area contributed by atoms with Gasteiger partial charge >= 0.3 is 0 Å². The van der Waals surface area contributed by atoms with Gasteiger partial charge in [0.25, 0.3) is 5.91 Å². The molecule has 2 heterocycles. The maximum Gasteiger partial charge on any atom is 0.251 e. The van der Waals surface area contributed by atoms with E-state index in [-0.39, 0.29) is 5.91 Å². The van der Waals surface area contributed by atoms with Crippen molar-refractivity contribution in [2.45, 2.75) is 13.5 Å². The van der Waals surface area contributed by atoms with E-state index < -0.39 is 0 Å². The van der Waals surface area contributed by atoms with Crippen LogP contribution in [0.1, 0.15) is 21.8 Å². The molecule has 7 heteroatoms. The molecule has 0 radical (unpaired) electrons. The van der Waals surface area contributed by atoms with Crippen molar-refractivity contribution in [3.05, 3.63) is 52.0 Å². The first-order valence-corrected chi connectivity index (χ1v) is 8.04. The SMILES string of the molecule is CNC(=O)c1cccc(NCc2nc(-c3ccsc3)no2)c1C. The third kappa shape index (κ3) is 3.24. The standard InChI is InChI=1S/C16H16N4O2S/c1-10-12(16(21)17-2)4-3-5-13(10)18-8-14-19-15(20-22-14)11-6-7-23-9-11/h3-7,9,18H,8H2,1-2H3,(H,17,21). The molecule has 0 aliphatic rings. The van der Waals surface area contributed by atoms with Crippen LogP contribution in [0.5, 0.6) is 0 Å². The quantitative estimate of drug-likeness (QED) is 0.752. The maximum absolute atomic E-state index is 11.8. The number of amides is 1. The van der Waals surface area contributed by atoms with Crippen LogP contribution in [0.15, 0.2) is 39.5 Å². The summed E-state index contributed by atoms with van der Waals surface area (Å²) < 4.78 is 5.25. The summed E-state index contributed by atoms with van der Waals surface area (Å²) in [4.78, 5) is 16.2. The monoisotopic (exact) mass is 328 g/mol. The molecular weight excluding hydrogens is 312 g/mol. The summed E-state index contributed by atoms with van der Waals surface area (Å²) in [6.07, 6.45) is 0. The van der Waals surface area contributed by atoms with Crippen LogP contribution in [0, 0.1) is 6.92 Å². The van der Waals surface area contributed by atoms with Crippen LogP contribution < -0.4 is 10.6 Å². The molecule has 1 aromatic carbocycles. The number of aromatic nitrogens is 2. The fourth-order valence-electron chi connectivity index (χ4n) is 2.21. The number of hydrogen-bond donors (Lipinski definition) is 2. The van der Waals surface area contributed by atoms with Crippen LogP contribution in [0.25, 0.3) is 11.4 Å². The molecule has 0 spiro atoms. The van der Waals surface area contributed by atoms with Crippen molar-refractivity contribution in [1.29, 1.82) is 0 Å². The van der Waals surface area contributed by atoms with Gasteiger partial charge < -0.3 is 15.2 Å². The third-order valence-electron chi connectivity index (χ3n) is 3.48. The second-order valence-corrected chi connectivity index (χ2v) is 5.71. The zero-order chi connectivity index (χ0) is 16.2. The van der Waals surface area contributed by atoms with E-state index in [0.29, 0.717) is 23.8 Å². The van der Waals surface area contributed by atoms with E-state index in [9.17, 15) is 4.79 Å². The molecule has 0 unspecified atom stereocenters. The second kappa shape index (κ2) is 6.62. The topological polar surface area (TPSA) is 80.0 Å². The summed E-state index contributed by atoms with van der Waals surface area (Å²) in [6, 6.07) is 7.49. The molecule has 2 aromatic heterocycles. The molecule has 0 aliphatic heterocycles. The van der Waals surface area contributed by atoms with Gasteiger partial charge in [-0.1, -0.05) is 11.2 Å². The van der Waals surface area contributed by atoms with Crippen molar-refractivity contribution in [3.8, 4) is 11.4 Å². The predicted octanol–water partition coefficient (Wildman–Crippen LogP) is 3.08. The van der Waals surface area contributed by atoms with E-state index >= 15 is 0 Å². The Morgan fingerprint density at radius 3 is 2.96 bits per heavy atom. The summed E-state index contributed by atoms with van der Waals surface area (Å²) >= 11 is 1.59. The number of thiophene rings is 1. The predicted molar refractivity (Wildman–Crippen MR) is 89.5 cm³/mol. The van der Waals surface area contributed by atoms with Gasteiger partial charge in [0.15, 0.2) is 0 Å². The molecule has 0 atom stereocenters. The average Bonchev–Trinajstić information content (AvgIpc) is 3.24. The van der Waals surface area contributed by atoms with Gasteiger partial charge in [-0.15, -0.1) is 0 Å². The van der Waals surface area contributed by atoms with Crippen molar-refractivity contribution < 1.29 is 9.32 Å². The average molecular weight is 328 g/mol. The third-order valence-corrected chi connectivity index (χ3v) is 4.17. The number of anilines is 1. The molecular formula is C16H16N4O2S. The summed E-state index contributed by atoms with van der Waals surface area (Å²) in [5.74, 6) is 0.971. The van der Waals surface area contributed by atoms with Gasteiger partial charge in [0.1, 0.15) is 0 Å². The van der Waals surface area contributed by atoms with E-state index in [1.807, 2.05) is 35.9 Å². The highest BCUT2D eigenvalue weighted by Gasteiger charge is 2.12. The zero-order valence-electron chi connectivity index (χ0n) is 12.8. The number of benzene rings is 1. The lowest BCUT2D eigenvalue weighted by atomic mass is 10.1. The van der Waals surface area contributed by atoms with E-state index in [1.165, 1.54) is 0 Å². The molecule has 6 nitrogen and oxygen atoms in total. The van der Waals surface area contributed by atoms with E-state index in [0.717, 1.165) is 16.8 Å². The highest BCUT2D eigenvalue weighted by atomic mass is 32.1. The first kappa shape index (κ1) is 15.2. The lowest BCUT2D eigenvalue weighted by Crippen LogP contribution is -2.19. The van der Waals surface area contributed by atoms with Gasteiger partial charge in [-0.2, -0.15) is 16.3 Å². The molecule has 0 bridgehead atoms. The minimum atomic E-state index is -0.108. The number of rotatable bonds is 5. The molecule has 0 fully saturated rings. The Balaban J connectivity index is 1.73. The van der Waals surface area contributed by atoms with Crippen LogP contribution in [0.3, 0.4) is 0 Å². The maximum atomic E-state index is 11.8. The number of carbonyl (C=O) groups excluding carboxylic acids is 1. The number of carbonyl (C=O) groups is 1. The second-order valence-electron chi connectivity index (χ2n) is 4.93. The molecule has 0 aliphatic carbocycles. The normalized spacial score (nSPS) is 10.5. The largest absolute Gasteiger partial charge is 0.376 e. The van der Waals surface area contributed by atoms with Crippen LogP contribution in [-0.2, 0) is 6.54 Å². The fraction of sp³-hybridized carbons (Fsp3) is 0.188. The van der Waals surface area contributed by atoms with Crippen LogP contribution >= 0.6 is 11.3 Å². The van der Waals surface area contributed by atoms with Gasteiger partial charge in [0.2, 0.25) is 11.7 Å². The Bertz CT molecular complexity index is 811. The van der Waals surface area contributed by atoms with E-state index in [1.54, 1.807) is 24.5 Å². The van der Waals surface area contributed by atoms with Gasteiger partial charge in [0, 0.05) is 29.2 Å². The fourth-order valence-corrected chi connectivity index (χ4v) is 2.85.